The quantitative estimate of drug-likeness (QED) is 0.706. The SMILES string of the molecule is CC(=O)N1CC(=O)N(c2cnn(C)c2)C[C@]12CCN(C(=O)c1cnc(C)cn1)C2. The van der Waals surface area contributed by atoms with Crippen LogP contribution in [0.2, 0.25) is 0 Å². The number of carbonyl (C=O) groups excluding carboxylic acids is 3. The third-order valence-electron chi connectivity index (χ3n) is 5.62. The van der Waals surface area contributed by atoms with Crippen LogP contribution in [-0.4, -0.2) is 79.0 Å². The van der Waals surface area contributed by atoms with Crippen LogP contribution in [0.3, 0.4) is 0 Å². The highest BCUT2D eigenvalue weighted by atomic mass is 16.2. The molecule has 29 heavy (non-hydrogen) atoms. The number of anilines is 1. The molecule has 10 heteroatoms. The van der Waals surface area contributed by atoms with Crippen molar-refractivity contribution in [1.82, 2.24) is 29.5 Å². The lowest BCUT2D eigenvalue weighted by molar-refractivity contribution is -0.142. The van der Waals surface area contributed by atoms with Crippen LogP contribution >= 0.6 is 0 Å². The van der Waals surface area contributed by atoms with Crippen molar-refractivity contribution in [3.63, 3.8) is 0 Å². The molecule has 0 aromatic carbocycles. The van der Waals surface area contributed by atoms with Gasteiger partial charge in [-0.15, -0.1) is 0 Å². The van der Waals surface area contributed by atoms with Crippen molar-refractivity contribution in [2.24, 2.45) is 7.05 Å². The summed E-state index contributed by atoms with van der Waals surface area (Å²) in [5, 5.41) is 4.15. The summed E-state index contributed by atoms with van der Waals surface area (Å²) in [4.78, 5) is 51.3. The first kappa shape index (κ1) is 19.0. The van der Waals surface area contributed by atoms with Crippen LogP contribution in [0.25, 0.3) is 0 Å². The lowest BCUT2D eigenvalue weighted by Crippen LogP contribution is -2.67. The van der Waals surface area contributed by atoms with Gasteiger partial charge in [-0.2, -0.15) is 5.10 Å². The summed E-state index contributed by atoms with van der Waals surface area (Å²) in [6, 6.07) is 0. The number of nitrogens with zero attached hydrogens (tertiary/aromatic N) is 7. The first-order valence-electron chi connectivity index (χ1n) is 9.44. The van der Waals surface area contributed by atoms with Crippen LogP contribution in [0.4, 0.5) is 5.69 Å². The Balaban J connectivity index is 1.61. The molecule has 0 bridgehead atoms. The number of hydrogen-bond acceptors (Lipinski definition) is 6. The molecule has 0 unspecified atom stereocenters. The Labute approximate surface area is 168 Å². The second-order valence-electron chi connectivity index (χ2n) is 7.70. The van der Waals surface area contributed by atoms with Crippen LogP contribution in [0, 0.1) is 6.92 Å². The van der Waals surface area contributed by atoms with Gasteiger partial charge in [-0.25, -0.2) is 4.98 Å². The van der Waals surface area contributed by atoms with E-state index in [9.17, 15) is 14.4 Å². The van der Waals surface area contributed by atoms with Crippen molar-refractivity contribution in [1.29, 1.82) is 0 Å². The number of carbonyl (C=O) groups is 3. The average Bonchev–Trinajstić information content (AvgIpc) is 3.30. The summed E-state index contributed by atoms with van der Waals surface area (Å²) >= 11 is 0. The van der Waals surface area contributed by atoms with Gasteiger partial charge in [0.1, 0.15) is 12.2 Å². The maximum Gasteiger partial charge on any atom is 0.274 e. The molecule has 2 aromatic rings. The topological polar surface area (TPSA) is 105 Å². The zero-order valence-corrected chi connectivity index (χ0v) is 16.7. The van der Waals surface area contributed by atoms with E-state index < -0.39 is 5.54 Å². The molecule has 0 N–H and O–H groups in total. The molecule has 4 rings (SSSR count). The van der Waals surface area contributed by atoms with Gasteiger partial charge in [0.15, 0.2) is 0 Å². The molecule has 0 aliphatic carbocycles. The monoisotopic (exact) mass is 397 g/mol. The summed E-state index contributed by atoms with van der Waals surface area (Å²) < 4.78 is 1.63. The van der Waals surface area contributed by atoms with E-state index in [0.717, 1.165) is 5.69 Å². The van der Waals surface area contributed by atoms with Crippen LogP contribution in [0.15, 0.2) is 24.8 Å². The van der Waals surface area contributed by atoms with Gasteiger partial charge in [-0.3, -0.25) is 24.0 Å². The lowest BCUT2D eigenvalue weighted by Gasteiger charge is -2.47. The van der Waals surface area contributed by atoms with E-state index in [-0.39, 0.29) is 30.0 Å². The predicted molar refractivity (Wildman–Crippen MR) is 103 cm³/mol. The highest BCUT2D eigenvalue weighted by molar-refractivity contribution is 5.98. The molecule has 2 aliphatic rings. The van der Waals surface area contributed by atoms with Crippen molar-refractivity contribution in [2.75, 3.05) is 31.1 Å². The molecule has 152 valence electrons. The predicted octanol–water partition coefficient (Wildman–Crippen LogP) is -0.00148. The Hall–Kier alpha value is -3.30. The Bertz CT molecular complexity index is 970. The number of piperazine rings is 1. The molecule has 2 aromatic heterocycles. The van der Waals surface area contributed by atoms with Crippen molar-refractivity contribution in [3.05, 3.63) is 36.2 Å². The minimum atomic E-state index is -0.636. The minimum absolute atomic E-state index is 0.0173. The number of rotatable bonds is 2. The Morgan fingerprint density at radius 3 is 2.55 bits per heavy atom. The molecule has 2 saturated heterocycles. The zero-order chi connectivity index (χ0) is 20.8. The summed E-state index contributed by atoms with van der Waals surface area (Å²) in [7, 11) is 1.79. The zero-order valence-electron chi connectivity index (χ0n) is 16.7. The average molecular weight is 397 g/mol. The van der Waals surface area contributed by atoms with Crippen molar-refractivity contribution >= 4 is 23.4 Å². The molecule has 3 amide bonds. The molecule has 2 fully saturated rings. The van der Waals surface area contributed by atoms with Gasteiger partial charge in [-0.1, -0.05) is 0 Å². The normalized spacial score (nSPS) is 21.9. The Morgan fingerprint density at radius 2 is 1.93 bits per heavy atom. The summed E-state index contributed by atoms with van der Waals surface area (Å²) in [5.41, 5.74) is 1.07. The van der Waals surface area contributed by atoms with Gasteiger partial charge >= 0.3 is 0 Å². The molecule has 0 radical (unpaired) electrons. The molecular weight excluding hydrogens is 374 g/mol. The van der Waals surface area contributed by atoms with Crippen molar-refractivity contribution in [2.45, 2.75) is 25.8 Å². The smallest absolute Gasteiger partial charge is 0.274 e. The Morgan fingerprint density at radius 1 is 1.14 bits per heavy atom. The minimum Gasteiger partial charge on any atom is -0.335 e. The second kappa shape index (κ2) is 6.94. The largest absolute Gasteiger partial charge is 0.335 e. The van der Waals surface area contributed by atoms with E-state index in [0.29, 0.717) is 31.7 Å². The third kappa shape index (κ3) is 3.34. The molecule has 4 heterocycles. The molecule has 10 nitrogen and oxygen atoms in total. The van der Waals surface area contributed by atoms with E-state index in [1.807, 2.05) is 6.92 Å². The first-order valence-corrected chi connectivity index (χ1v) is 9.44. The van der Waals surface area contributed by atoms with E-state index >= 15 is 0 Å². The molecular formula is C19H23N7O3. The fourth-order valence-electron chi connectivity index (χ4n) is 4.13. The molecule has 0 saturated carbocycles. The number of amides is 3. The van der Waals surface area contributed by atoms with Crippen molar-refractivity contribution < 1.29 is 14.4 Å². The van der Waals surface area contributed by atoms with E-state index in [1.54, 1.807) is 45.0 Å². The van der Waals surface area contributed by atoms with Gasteiger partial charge in [0, 0.05) is 39.5 Å². The van der Waals surface area contributed by atoms with Crippen LogP contribution in [-0.2, 0) is 16.6 Å². The van der Waals surface area contributed by atoms with Crippen LogP contribution < -0.4 is 4.90 Å². The summed E-state index contributed by atoms with van der Waals surface area (Å²) in [5.74, 6) is -0.552. The third-order valence-corrected chi connectivity index (χ3v) is 5.62. The summed E-state index contributed by atoms with van der Waals surface area (Å²) in [6.07, 6.45) is 7.02. The van der Waals surface area contributed by atoms with Gasteiger partial charge in [0.25, 0.3) is 5.91 Å². The lowest BCUT2D eigenvalue weighted by atomic mass is 9.92. The van der Waals surface area contributed by atoms with Gasteiger partial charge < -0.3 is 14.7 Å². The van der Waals surface area contributed by atoms with Crippen molar-refractivity contribution in [3.8, 4) is 0 Å². The maximum atomic E-state index is 12.9. The second-order valence-corrected chi connectivity index (χ2v) is 7.70. The number of aryl methyl sites for hydroxylation is 2. The number of hydrogen-bond donors (Lipinski definition) is 0. The highest BCUT2D eigenvalue weighted by Crippen LogP contribution is 2.34. The fourth-order valence-corrected chi connectivity index (χ4v) is 4.13. The first-order chi connectivity index (χ1) is 13.8. The standard InChI is InChI=1S/C19H23N7O3/c1-13-6-21-16(8-20-13)18(29)24-5-4-19(11-24)12-25(15-7-22-23(3)9-15)17(28)10-26(19)14(2)27/h6-9H,4-5,10-12H2,1-3H3/t19-/m1/s1. The van der Waals surface area contributed by atoms with Crippen LogP contribution in [0.1, 0.15) is 29.5 Å². The number of aromatic nitrogens is 4. The van der Waals surface area contributed by atoms with Gasteiger partial charge in [0.05, 0.1) is 35.9 Å². The van der Waals surface area contributed by atoms with E-state index in [1.165, 1.54) is 13.1 Å². The van der Waals surface area contributed by atoms with E-state index in [4.69, 9.17) is 0 Å². The number of likely N-dealkylation sites (tertiary alicyclic amines) is 1. The highest BCUT2D eigenvalue weighted by Gasteiger charge is 2.51. The maximum absolute atomic E-state index is 12.9. The molecule has 1 spiro atoms. The van der Waals surface area contributed by atoms with Crippen LogP contribution in [0.5, 0.6) is 0 Å². The van der Waals surface area contributed by atoms with E-state index in [2.05, 4.69) is 15.1 Å². The Kier molecular flexibility index (Phi) is 4.56. The van der Waals surface area contributed by atoms with Gasteiger partial charge in [-0.05, 0) is 13.3 Å². The molecule has 2 aliphatic heterocycles. The molecule has 1 atom stereocenters. The summed E-state index contributed by atoms with van der Waals surface area (Å²) in [6.45, 7) is 4.39. The fraction of sp³-hybridized carbons (Fsp3) is 0.474. The van der Waals surface area contributed by atoms with Gasteiger partial charge in [0.2, 0.25) is 11.8 Å².